The van der Waals surface area contributed by atoms with Gasteiger partial charge in [0.05, 0.1) is 6.61 Å². The minimum Gasteiger partial charge on any atom is -0.494 e. The number of hydrogen-bond acceptors (Lipinski definition) is 3. The Kier molecular flexibility index (Phi) is 6.89. The second-order valence-corrected chi connectivity index (χ2v) is 5.82. The zero-order valence-corrected chi connectivity index (χ0v) is 14.0. The number of hydrogen-bond donors (Lipinski definition) is 2. The quantitative estimate of drug-likeness (QED) is 0.812. The summed E-state index contributed by atoms with van der Waals surface area (Å²) >= 11 is 0. The van der Waals surface area contributed by atoms with Crippen molar-refractivity contribution in [3.05, 3.63) is 29.8 Å². The van der Waals surface area contributed by atoms with E-state index in [1.54, 1.807) is 24.3 Å². The second-order valence-electron chi connectivity index (χ2n) is 5.82. The van der Waals surface area contributed by atoms with Crippen molar-refractivity contribution in [3.63, 3.8) is 0 Å². The molecule has 0 bridgehead atoms. The van der Waals surface area contributed by atoms with E-state index < -0.39 is 6.04 Å². The number of benzene rings is 1. The smallest absolute Gasteiger partial charge is 0.251 e. The molecular formula is C17H26N2O3. The highest BCUT2D eigenvalue weighted by atomic mass is 16.5. The maximum atomic E-state index is 12.3. The first-order valence-corrected chi connectivity index (χ1v) is 7.69. The minimum absolute atomic E-state index is 0.00500. The van der Waals surface area contributed by atoms with Crippen molar-refractivity contribution in [2.24, 2.45) is 5.92 Å². The lowest BCUT2D eigenvalue weighted by Gasteiger charge is -2.23. The van der Waals surface area contributed by atoms with Gasteiger partial charge in [-0.15, -0.1) is 0 Å². The summed E-state index contributed by atoms with van der Waals surface area (Å²) in [6.07, 6.45) is 0. The molecule has 5 nitrogen and oxygen atoms in total. The van der Waals surface area contributed by atoms with E-state index in [2.05, 4.69) is 10.6 Å². The molecule has 122 valence electrons. The number of ether oxygens (including phenoxy) is 1. The van der Waals surface area contributed by atoms with Crippen LogP contribution in [-0.4, -0.2) is 30.5 Å². The van der Waals surface area contributed by atoms with Gasteiger partial charge in [0.25, 0.3) is 5.91 Å². The lowest BCUT2D eigenvalue weighted by atomic mass is 10.0. The van der Waals surface area contributed by atoms with E-state index in [4.69, 9.17) is 4.74 Å². The van der Waals surface area contributed by atoms with Crippen molar-refractivity contribution in [2.45, 2.75) is 46.7 Å². The Morgan fingerprint density at radius 2 is 1.64 bits per heavy atom. The van der Waals surface area contributed by atoms with Crippen LogP contribution in [0.1, 0.15) is 45.0 Å². The molecule has 1 unspecified atom stereocenters. The van der Waals surface area contributed by atoms with E-state index in [-0.39, 0.29) is 23.8 Å². The molecular weight excluding hydrogens is 280 g/mol. The van der Waals surface area contributed by atoms with Gasteiger partial charge in [0.1, 0.15) is 11.8 Å². The summed E-state index contributed by atoms with van der Waals surface area (Å²) < 4.78 is 5.35. The van der Waals surface area contributed by atoms with Crippen LogP contribution in [0.3, 0.4) is 0 Å². The van der Waals surface area contributed by atoms with Crippen molar-refractivity contribution in [1.29, 1.82) is 0 Å². The average molecular weight is 306 g/mol. The summed E-state index contributed by atoms with van der Waals surface area (Å²) in [6, 6.07) is 6.36. The average Bonchev–Trinajstić information content (AvgIpc) is 2.44. The van der Waals surface area contributed by atoms with Crippen molar-refractivity contribution in [2.75, 3.05) is 6.61 Å². The first-order chi connectivity index (χ1) is 10.3. The highest BCUT2D eigenvalue weighted by molar-refractivity contribution is 5.97. The van der Waals surface area contributed by atoms with E-state index in [0.29, 0.717) is 12.2 Å². The fourth-order valence-corrected chi connectivity index (χ4v) is 2.00. The van der Waals surface area contributed by atoms with E-state index in [1.807, 2.05) is 34.6 Å². The fraction of sp³-hybridized carbons (Fsp3) is 0.529. The molecule has 0 aliphatic rings. The maximum Gasteiger partial charge on any atom is 0.251 e. The van der Waals surface area contributed by atoms with Crippen LogP contribution in [0.25, 0.3) is 0 Å². The molecule has 0 aromatic heterocycles. The van der Waals surface area contributed by atoms with Crippen LogP contribution in [0, 0.1) is 5.92 Å². The number of carbonyl (C=O) groups is 2. The fourth-order valence-electron chi connectivity index (χ4n) is 2.00. The lowest BCUT2D eigenvalue weighted by molar-refractivity contribution is -0.124. The zero-order valence-electron chi connectivity index (χ0n) is 14.0. The Morgan fingerprint density at radius 3 is 2.09 bits per heavy atom. The number of amides is 2. The summed E-state index contributed by atoms with van der Waals surface area (Å²) in [4.78, 5) is 24.4. The molecule has 2 amide bonds. The summed E-state index contributed by atoms with van der Waals surface area (Å²) in [5, 5.41) is 5.63. The SMILES string of the molecule is CCOc1ccc(C(=O)NC(C(=O)NC(C)C)C(C)C)cc1. The highest BCUT2D eigenvalue weighted by Gasteiger charge is 2.24. The number of carbonyl (C=O) groups excluding carboxylic acids is 2. The number of rotatable bonds is 7. The molecule has 0 radical (unpaired) electrons. The molecule has 0 saturated carbocycles. The van der Waals surface area contributed by atoms with Gasteiger partial charge in [-0.05, 0) is 51.0 Å². The Hall–Kier alpha value is -2.04. The lowest BCUT2D eigenvalue weighted by Crippen LogP contribution is -2.51. The summed E-state index contributed by atoms with van der Waals surface area (Å²) in [6.45, 7) is 10.1. The van der Waals surface area contributed by atoms with Crippen molar-refractivity contribution in [1.82, 2.24) is 10.6 Å². The molecule has 22 heavy (non-hydrogen) atoms. The van der Waals surface area contributed by atoms with Gasteiger partial charge in [0.15, 0.2) is 0 Å². The molecule has 0 aliphatic heterocycles. The van der Waals surface area contributed by atoms with E-state index >= 15 is 0 Å². The molecule has 1 rings (SSSR count). The van der Waals surface area contributed by atoms with Crippen LogP contribution >= 0.6 is 0 Å². The maximum absolute atomic E-state index is 12.3. The third-order valence-corrected chi connectivity index (χ3v) is 3.09. The predicted molar refractivity (Wildman–Crippen MR) is 87.0 cm³/mol. The molecule has 5 heteroatoms. The van der Waals surface area contributed by atoms with Gasteiger partial charge in [-0.25, -0.2) is 0 Å². The van der Waals surface area contributed by atoms with Crippen LogP contribution < -0.4 is 15.4 Å². The molecule has 1 aromatic carbocycles. The van der Waals surface area contributed by atoms with Crippen LogP contribution in [0.2, 0.25) is 0 Å². The third kappa shape index (κ3) is 5.39. The molecule has 0 heterocycles. The van der Waals surface area contributed by atoms with E-state index in [9.17, 15) is 9.59 Å². The van der Waals surface area contributed by atoms with Gasteiger partial charge < -0.3 is 15.4 Å². The normalized spacial score (nSPS) is 12.1. The van der Waals surface area contributed by atoms with E-state index in [1.165, 1.54) is 0 Å². The summed E-state index contributed by atoms with van der Waals surface area (Å²) in [5.74, 6) is 0.298. The topological polar surface area (TPSA) is 67.4 Å². The van der Waals surface area contributed by atoms with E-state index in [0.717, 1.165) is 5.75 Å². The summed E-state index contributed by atoms with van der Waals surface area (Å²) in [7, 11) is 0. The van der Waals surface area contributed by atoms with Crippen molar-refractivity contribution >= 4 is 11.8 Å². The Labute approximate surface area is 132 Å². The molecule has 0 aliphatic carbocycles. The first kappa shape index (κ1) is 18.0. The Balaban J connectivity index is 2.76. The molecule has 0 spiro atoms. The number of nitrogens with one attached hydrogen (secondary N) is 2. The van der Waals surface area contributed by atoms with Gasteiger partial charge in [-0.3, -0.25) is 9.59 Å². The monoisotopic (exact) mass is 306 g/mol. The molecule has 1 atom stereocenters. The molecule has 2 N–H and O–H groups in total. The predicted octanol–water partition coefficient (Wildman–Crippen LogP) is 2.36. The van der Waals surface area contributed by atoms with Crippen LogP contribution in [0.5, 0.6) is 5.75 Å². The minimum atomic E-state index is -0.554. The first-order valence-electron chi connectivity index (χ1n) is 7.69. The van der Waals surface area contributed by atoms with Crippen molar-refractivity contribution < 1.29 is 14.3 Å². The van der Waals surface area contributed by atoms with Gasteiger partial charge >= 0.3 is 0 Å². The Morgan fingerprint density at radius 1 is 1.05 bits per heavy atom. The largest absolute Gasteiger partial charge is 0.494 e. The standard InChI is InChI=1S/C17H26N2O3/c1-6-22-14-9-7-13(8-10-14)16(20)19-15(11(2)3)17(21)18-12(4)5/h7-12,15H,6H2,1-5H3,(H,18,21)(H,19,20). The van der Waals surface area contributed by atoms with Crippen LogP contribution in [0.15, 0.2) is 24.3 Å². The second kappa shape index (κ2) is 8.41. The van der Waals surface area contributed by atoms with Crippen molar-refractivity contribution in [3.8, 4) is 5.75 Å². The van der Waals surface area contributed by atoms with Gasteiger partial charge in [-0.1, -0.05) is 13.8 Å². The molecule has 0 fully saturated rings. The zero-order chi connectivity index (χ0) is 16.7. The van der Waals surface area contributed by atoms with Gasteiger partial charge in [0, 0.05) is 11.6 Å². The Bertz CT molecular complexity index is 495. The van der Waals surface area contributed by atoms with Gasteiger partial charge in [-0.2, -0.15) is 0 Å². The summed E-state index contributed by atoms with van der Waals surface area (Å²) in [5.41, 5.74) is 0.506. The van der Waals surface area contributed by atoms with Crippen LogP contribution in [-0.2, 0) is 4.79 Å². The third-order valence-electron chi connectivity index (χ3n) is 3.09. The van der Waals surface area contributed by atoms with Crippen LogP contribution in [0.4, 0.5) is 0 Å². The van der Waals surface area contributed by atoms with Gasteiger partial charge in [0.2, 0.25) is 5.91 Å². The molecule has 0 saturated heterocycles. The molecule has 1 aromatic rings. The highest BCUT2D eigenvalue weighted by Crippen LogP contribution is 2.13.